The molecule has 0 unspecified atom stereocenters. The molecule has 7 N–H and O–H groups in total. The molecule has 5 amide bonds. The number of aliphatic hydroxyl groups is 1. The van der Waals surface area contributed by atoms with Crippen LogP contribution in [0.1, 0.15) is 106 Å². The van der Waals surface area contributed by atoms with Crippen LogP contribution in [0.3, 0.4) is 0 Å². The number of hydrogen-bond acceptors (Lipinski definition) is 11. The van der Waals surface area contributed by atoms with Crippen molar-refractivity contribution >= 4 is 35.9 Å². The maximum atomic E-state index is 14.3. The fourth-order valence-electron chi connectivity index (χ4n) is 6.37. The molecule has 60 heavy (non-hydrogen) atoms. The Morgan fingerprint density at radius 2 is 1.33 bits per heavy atom. The summed E-state index contributed by atoms with van der Waals surface area (Å²) in [5, 5.41) is 34.7. The summed E-state index contributed by atoms with van der Waals surface area (Å²) in [6.07, 6.45) is -1.25. The fraction of sp³-hybridized carbons (Fsp3) is 0.591. The van der Waals surface area contributed by atoms with Gasteiger partial charge in [-0.05, 0) is 135 Å². The highest BCUT2D eigenvalue weighted by molar-refractivity contribution is 5.94. The van der Waals surface area contributed by atoms with Crippen LogP contribution in [0.2, 0.25) is 0 Å². The number of carbonyl (C=O) groups is 6. The molecule has 0 radical (unpaired) electrons. The van der Waals surface area contributed by atoms with Gasteiger partial charge in [-0.1, -0.05) is 30.3 Å². The average molecular weight is 840 g/mol. The zero-order chi connectivity index (χ0) is 44.8. The van der Waals surface area contributed by atoms with Gasteiger partial charge in [0.1, 0.15) is 34.6 Å². The maximum Gasteiger partial charge on any atom is 0.408 e. The Balaban J connectivity index is 1.97. The fourth-order valence-corrected chi connectivity index (χ4v) is 6.37. The van der Waals surface area contributed by atoms with Gasteiger partial charge in [-0.2, -0.15) is 0 Å². The Bertz CT molecular complexity index is 1810. The standard InChI is InChI=1S/C44H65N5O11/c1-42(2,3)58-39(55)45-19-11-14-28(26-50)23-36(52)33-22-27-13-10-15-29(21-27)30-17-18-35(51)31(24-30)25-34(49-41(57)60-44(7,8)9)38(54)47-32(37(53)48-33)16-12-20-46-40(56)59-43(4,5)6/h10,13,15,17-18,21,24,28,32-34,50-51H,11-12,14,16,19-20,22-23,25-26H2,1-9H3,(H,45,55)(H,46,56)(H,47,54)(H,48,53)(H,49,57)/t28-,32+,33+,34+/m1/s1. The number of ketones is 1. The van der Waals surface area contributed by atoms with Crippen molar-refractivity contribution in [1.82, 2.24) is 26.6 Å². The highest BCUT2D eigenvalue weighted by atomic mass is 16.6. The molecule has 0 aromatic heterocycles. The molecular weight excluding hydrogens is 775 g/mol. The lowest BCUT2D eigenvalue weighted by Gasteiger charge is -2.27. The van der Waals surface area contributed by atoms with Crippen molar-refractivity contribution in [1.29, 1.82) is 0 Å². The van der Waals surface area contributed by atoms with Crippen molar-refractivity contribution in [2.45, 2.75) is 142 Å². The van der Waals surface area contributed by atoms with Crippen molar-refractivity contribution in [2.24, 2.45) is 5.92 Å². The van der Waals surface area contributed by atoms with Crippen molar-refractivity contribution in [3.8, 4) is 16.9 Å². The number of rotatable bonds is 13. The average Bonchev–Trinajstić information content (AvgIpc) is 3.11. The molecule has 1 aliphatic rings. The van der Waals surface area contributed by atoms with Gasteiger partial charge >= 0.3 is 18.3 Å². The molecule has 16 nitrogen and oxygen atoms in total. The number of amides is 5. The number of fused-ring (bicyclic) bond motifs is 5. The molecule has 0 aliphatic carbocycles. The number of carbonyl (C=O) groups excluding carboxylic acids is 6. The third kappa shape index (κ3) is 17.9. The number of hydrogen-bond donors (Lipinski definition) is 7. The molecule has 0 spiro atoms. The number of benzene rings is 2. The number of phenolic OH excluding ortho intramolecular Hbond substituents is 1. The Hall–Kier alpha value is -5.38. The van der Waals surface area contributed by atoms with Gasteiger partial charge in [0.05, 0.1) is 6.04 Å². The summed E-state index contributed by atoms with van der Waals surface area (Å²) >= 11 is 0. The Kier molecular flexibility index (Phi) is 17.8. The van der Waals surface area contributed by atoms with Crippen LogP contribution in [-0.2, 0) is 41.4 Å². The third-order valence-electron chi connectivity index (χ3n) is 9.09. The van der Waals surface area contributed by atoms with Crippen LogP contribution < -0.4 is 26.6 Å². The summed E-state index contributed by atoms with van der Waals surface area (Å²) in [7, 11) is 0. The first kappa shape index (κ1) is 49.0. The number of Topliss-reactive ketones (excluding diaryl/α,β-unsaturated/α-hetero) is 1. The Morgan fingerprint density at radius 1 is 0.750 bits per heavy atom. The molecule has 4 atom stereocenters. The molecule has 4 bridgehead atoms. The van der Waals surface area contributed by atoms with Gasteiger partial charge in [-0.25, -0.2) is 14.4 Å². The number of nitrogens with one attached hydrogen (secondary N) is 5. The first-order chi connectivity index (χ1) is 27.9. The van der Waals surface area contributed by atoms with Gasteiger partial charge in [0.25, 0.3) is 0 Å². The lowest BCUT2D eigenvalue weighted by atomic mass is 9.91. The minimum atomic E-state index is -1.32. The summed E-state index contributed by atoms with van der Waals surface area (Å²) in [6.45, 7) is 15.5. The van der Waals surface area contributed by atoms with E-state index in [1.54, 1.807) is 74.4 Å². The molecule has 0 saturated carbocycles. The van der Waals surface area contributed by atoms with Gasteiger partial charge < -0.3 is 51.0 Å². The van der Waals surface area contributed by atoms with Gasteiger partial charge in [0.2, 0.25) is 11.8 Å². The highest BCUT2D eigenvalue weighted by Crippen LogP contribution is 2.29. The molecule has 3 rings (SSSR count). The van der Waals surface area contributed by atoms with Crippen molar-refractivity contribution < 1.29 is 53.2 Å². The van der Waals surface area contributed by atoms with E-state index in [-0.39, 0.29) is 63.3 Å². The highest BCUT2D eigenvalue weighted by Gasteiger charge is 2.32. The largest absolute Gasteiger partial charge is 0.508 e. The molecule has 1 aliphatic heterocycles. The quantitative estimate of drug-likeness (QED) is 0.102. The van der Waals surface area contributed by atoms with E-state index in [0.29, 0.717) is 29.5 Å². The lowest BCUT2D eigenvalue weighted by Crippen LogP contribution is -2.57. The summed E-state index contributed by atoms with van der Waals surface area (Å²) in [6, 6.07) is 8.61. The minimum absolute atomic E-state index is 0.00751. The molecule has 2 aromatic rings. The van der Waals surface area contributed by atoms with Crippen LogP contribution in [0.5, 0.6) is 5.75 Å². The van der Waals surface area contributed by atoms with E-state index in [0.717, 1.165) is 5.56 Å². The predicted octanol–water partition coefficient (Wildman–Crippen LogP) is 5.20. The second-order valence-corrected chi connectivity index (χ2v) is 18.1. The summed E-state index contributed by atoms with van der Waals surface area (Å²) in [5.74, 6) is -2.40. The molecule has 1 heterocycles. The van der Waals surface area contributed by atoms with Gasteiger partial charge in [-0.3, -0.25) is 14.4 Å². The van der Waals surface area contributed by atoms with Gasteiger partial charge in [0, 0.05) is 32.5 Å². The number of phenols is 1. The Morgan fingerprint density at radius 3 is 1.93 bits per heavy atom. The second kappa shape index (κ2) is 21.7. The van der Waals surface area contributed by atoms with E-state index in [2.05, 4.69) is 26.6 Å². The van der Waals surface area contributed by atoms with E-state index < -0.39 is 70.9 Å². The van der Waals surface area contributed by atoms with E-state index in [1.807, 2.05) is 24.3 Å². The van der Waals surface area contributed by atoms with Crippen LogP contribution in [0.25, 0.3) is 11.1 Å². The lowest BCUT2D eigenvalue weighted by molar-refractivity contribution is -0.132. The zero-order valence-corrected chi connectivity index (χ0v) is 36.5. The second-order valence-electron chi connectivity index (χ2n) is 18.1. The van der Waals surface area contributed by atoms with Crippen LogP contribution in [0, 0.1) is 5.92 Å². The molecule has 2 aromatic carbocycles. The summed E-state index contributed by atoms with van der Waals surface area (Å²) in [4.78, 5) is 80.0. The third-order valence-corrected chi connectivity index (χ3v) is 9.09. The summed E-state index contributed by atoms with van der Waals surface area (Å²) < 4.78 is 16.0. The van der Waals surface area contributed by atoms with Crippen LogP contribution in [0.15, 0.2) is 42.5 Å². The molecule has 0 fully saturated rings. The first-order valence-corrected chi connectivity index (χ1v) is 20.5. The van der Waals surface area contributed by atoms with Gasteiger partial charge in [-0.15, -0.1) is 0 Å². The van der Waals surface area contributed by atoms with E-state index in [9.17, 15) is 39.0 Å². The van der Waals surface area contributed by atoms with Crippen LogP contribution in [0.4, 0.5) is 14.4 Å². The number of ether oxygens (including phenoxy) is 3. The van der Waals surface area contributed by atoms with Crippen molar-refractivity contribution in [3.05, 3.63) is 53.6 Å². The van der Waals surface area contributed by atoms with Gasteiger partial charge in [0.15, 0.2) is 5.78 Å². The summed E-state index contributed by atoms with van der Waals surface area (Å²) in [5.41, 5.74) is 0.190. The minimum Gasteiger partial charge on any atom is -0.508 e. The molecule has 0 saturated heterocycles. The predicted molar refractivity (Wildman–Crippen MR) is 225 cm³/mol. The number of aliphatic hydroxyl groups excluding tert-OH is 1. The maximum absolute atomic E-state index is 14.3. The molecule has 16 heteroatoms. The topological polar surface area (TPSA) is 231 Å². The zero-order valence-electron chi connectivity index (χ0n) is 36.5. The van der Waals surface area contributed by atoms with E-state index in [1.165, 1.54) is 6.07 Å². The number of alkyl carbamates (subject to hydrolysis) is 3. The van der Waals surface area contributed by atoms with E-state index >= 15 is 0 Å². The normalized spacial score (nSPS) is 18.0. The van der Waals surface area contributed by atoms with Crippen molar-refractivity contribution in [2.75, 3.05) is 19.7 Å². The smallest absolute Gasteiger partial charge is 0.408 e. The van der Waals surface area contributed by atoms with E-state index in [4.69, 9.17) is 14.2 Å². The SMILES string of the molecule is CC(C)(C)OC(=O)NCCC[C@@H](CO)CC(=O)[C@@H]1Cc2cccc(c2)-c2ccc(O)c(c2)C[C@H](NC(=O)OC(C)(C)C)C(=O)N[C@@H](CCCNC(=O)OC(C)(C)C)C(=O)N1. The van der Waals surface area contributed by atoms with Crippen molar-refractivity contribution in [3.63, 3.8) is 0 Å². The monoisotopic (exact) mass is 839 g/mol. The van der Waals surface area contributed by atoms with Crippen LogP contribution >= 0.6 is 0 Å². The Labute approximate surface area is 353 Å². The molecular formula is C44H65N5O11. The number of aromatic hydroxyl groups is 1. The first-order valence-electron chi connectivity index (χ1n) is 20.5. The van der Waals surface area contributed by atoms with Crippen LogP contribution in [-0.4, -0.2) is 101 Å². The molecule has 332 valence electrons.